The van der Waals surface area contributed by atoms with E-state index in [0.717, 1.165) is 30.0 Å². The number of thiazole rings is 1. The third kappa shape index (κ3) is 3.37. The van der Waals surface area contributed by atoms with Crippen LogP contribution >= 0.6 is 22.7 Å². The minimum atomic E-state index is -0.157. The second-order valence-corrected chi connectivity index (χ2v) is 8.21. The molecule has 4 rings (SSSR count). The first-order chi connectivity index (χ1) is 11.7. The number of carbonyl (C=O) groups is 2. The summed E-state index contributed by atoms with van der Waals surface area (Å²) in [6, 6.07) is 3.72. The largest absolute Gasteiger partial charge is 0.337 e. The maximum atomic E-state index is 12.5. The van der Waals surface area contributed by atoms with Crippen molar-refractivity contribution in [3.63, 3.8) is 0 Å². The molecule has 126 valence electrons. The Morgan fingerprint density at radius 1 is 1.25 bits per heavy atom. The second kappa shape index (κ2) is 6.64. The molecule has 5 nitrogen and oxygen atoms in total. The number of nitrogens with one attached hydrogen (secondary N) is 1. The van der Waals surface area contributed by atoms with Crippen molar-refractivity contribution >= 4 is 39.6 Å². The Labute approximate surface area is 148 Å². The summed E-state index contributed by atoms with van der Waals surface area (Å²) in [7, 11) is 0. The Morgan fingerprint density at radius 3 is 2.88 bits per heavy atom. The molecule has 1 N–H and O–H groups in total. The summed E-state index contributed by atoms with van der Waals surface area (Å²) in [5.74, 6) is 0.458. The number of anilines is 1. The molecule has 2 aromatic heterocycles. The predicted molar refractivity (Wildman–Crippen MR) is 95.7 cm³/mol. The van der Waals surface area contributed by atoms with E-state index in [-0.39, 0.29) is 17.7 Å². The van der Waals surface area contributed by atoms with Gasteiger partial charge in [-0.05, 0) is 37.1 Å². The third-order valence-electron chi connectivity index (χ3n) is 4.56. The number of carbonyl (C=O) groups excluding carboxylic acids is 2. The molecule has 2 aromatic rings. The first-order valence-electron chi connectivity index (χ1n) is 8.30. The minimum Gasteiger partial charge on any atom is -0.337 e. The maximum absolute atomic E-state index is 12.5. The van der Waals surface area contributed by atoms with Crippen LogP contribution in [-0.4, -0.2) is 34.8 Å². The summed E-state index contributed by atoms with van der Waals surface area (Å²) in [5, 5.41) is 7.57. The van der Waals surface area contributed by atoms with Gasteiger partial charge in [0, 0.05) is 24.4 Å². The van der Waals surface area contributed by atoms with Crippen molar-refractivity contribution in [1.82, 2.24) is 9.88 Å². The highest BCUT2D eigenvalue weighted by molar-refractivity contribution is 7.14. The SMILES string of the molecule is O=C(Nc1nc(C2CC2)cs1)C1CCCN(C(=O)c2cccs2)C1. The van der Waals surface area contributed by atoms with Gasteiger partial charge in [0.05, 0.1) is 16.5 Å². The molecule has 3 heterocycles. The van der Waals surface area contributed by atoms with Gasteiger partial charge in [-0.2, -0.15) is 0 Å². The van der Waals surface area contributed by atoms with Gasteiger partial charge in [0.1, 0.15) is 0 Å². The van der Waals surface area contributed by atoms with Crippen molar-refractivity contribution < 1.29 is 9.59 Å². The molecule has 0 radical (unpaired) electrons. The van der Waals surface area contributed by atoms with Crippen LogP contribution in [0.4, 0.5) is 5.13 Å². The first kappa shape index (κ1) is 15.8. The topological polar surface area (TPSA) is 62.3 Å². The van der Waals surface area contributed by atoms with E-state index in [2.05, 4.69) is 10.3 Å². The molecule has 2 aliphatic rings. The lowest BCUT2D eigenvalue weighted by molar-refractivity contribution is -0.121. The van der Waals surface area contributed by atoms with Crippen molar-refractivity contribution in [1.29, 1.82) is 0 Å². The van der Waals surface area contributed by atoms with E-state index < -0.39 is 0 Å². The molecule has 1 atom stereocenters. The van der Waals surface area contributed by atoms with Crippen LogP contribution in [0.1, 0.15) is 47.0 Å². The number of rotatable bonds is 4. The Bertz CT molecular complexity index is 737. The quantitative estimate of drug-likeness (QED) is 0.905. The van der Waals surface area contributed by atoms with E-state index in [1.54, 1.807) is 4.90 Å². The number of piperidine rings is 1. The maximum Gasteiger partial charge on any atom is 0.263 e. The smallest absolute Gasteiger partial charge is 0.263 e. The van der Waals surface area contributed by atoms with Gasteiger partial charge in [0.2, 0.25) is 5.91 Å². The summed E-state index contributed by atoms with van der Waals surface area (Å²) in [6.07, 6.45) is 4.10. The van der Waals surface area contributed by atoms with Crippen molar-refractivity contribution in [2.24, 2.45) is 5.92 Å². The van der Waals surface area contributed by atoms with Gasteiger partial charge in [-0.15, -0.1) is 22.7 Å². The summed E-state index contributed by atoms with van der Waals surface area (Å²) in [6.45, 7) is 1.22. The number of hydrogen-bond acceptors (Lipinski definition) is 5. The number of aromatic nitrogens is 1. The van der Waals surface area contributed by atoms with Gasteiger partial charge >= 0.3 is 0 Å². The lowest BCUT2D eigenvalue weighted by Gasteiger charge is -2.31. The van der Waals surface area contributed by atoms with E-state index >= 15 is 0 Å². The summed E-state index contributed by atoms with van der Waals surface area (Å²) in [5.41, 5.74) is 1.11. The van der Waals surface area contributed by atoms with Crippen LogP contribution < -0.4 is 5.32 Å². The Balaban J connectivity index is 1.37. The molecule has 1 unspecified atom stereocenters. The normalized spacial score (nSPS) is 20.8. The number of hydrogen-bond donors (Lipinski definition) is 1. The van der Waals surface area contributed by atoms with Crippen molar-refractivity contribution in [2.75, 3.05) is 18.4 Å². The van der Waals surface area contributed by atoms with Crippen LogP contribution in [0, 0.1) is 5.92 Å². The molecule has 7 heteroatoms. The molecule has 1 aliphatic carbocycles. The molecular formula is C17H19N3O2S2. The number of thiophene rings is 1. The van der Waals surface area contributed by atoms with Gasteiger partial charge < -0.3 is 10.2 Å². The number of likely N-dealkylation sites (tertiary alicyclic amines) is 1. The second-order valence-electron chi connectivity index (χ2n) is 6.41. The van der Waals surface area contributed by atoms with Gasteiger partial charge in [-0.1, -0.05) is 6.07 Å². The molecule has 1 saturated carbocycles. The van der Waals surface area contributed by atoms with Crippen molar-refractivity contribution in [3.8, 4) is 0 Å². The fourth-order valence-corrected chi connectivity index (χ4v) is 4.54. The monoisotopic (exact) mass is 361 g/mol. The molecule has 1 aliphatic heterocycles. The standard InChI is InChI=1S/C17H19N3O2S2/c21-15(19-17-18-13(10-24-17)11-5-6-11)12-3-1-7-20(9-12)16(22)14-4-2-8-23-14/h2,4,8,10-12H,1,3,5-7,9H2,(H,18,19,21). The molecular weight excluding hydrogens is 342 g/mol. The number of nitrogens with zero attached hydrogens (tertiary/aromatic N) is 2. The summed E-state index contributed by atoms with van der Waals surface area (Å²) < 4.78 is 0. The van der Waals surface area contributed by atoms with Crippen LogP contribution in [0.25, 0.3) is 0 Å². The van der Waals surface area contributed by atoms with Crippen molar-refractivity contribution in [3.05, 3.63) is 33.5 Å². The van der Waals surface area contributed by atoms with Crippen molar-refractivity contribution in [2.45, 2.75) is 31.6 Å². The average molecular weight is 361 g/mol. The van der Waals surface area contributed by atoms with Gasteiger partial charge in [-0.3, -0.25) is 9.59 Å². The molecule has 0 spiro atoms. The molecule has 0 bridgehead atoms. The molecule has 0 aromatic carbocycles. The van der Waals surface area contributed by atoms with Crippen LogP contribution in [0.2, 0.25) is 0 Å². The molecule has 24 heavy (non-hydrogen) atoms. The average Bonchev–Trinajstić information content (AvgIpc) is 3.11. The van der Waals surface area contributed by atoms with E-state index in [1.165, 1.54) is 35.5 Å². The van der Waals surface area contributed by atoms with Gasteiger partial charge in [0.25, 0.3) is 5.91 Å². The third-order valence-corrected chi connectivity index (χ3v) is 6.19. The zero-order valence-corrected chi connectivity index (χ0v) is 14.9. The lowest BCUT2D eigenvalue weighted by Crippen LogP contribution is -2.43. The zero-order valence-electron chi connectivity index (χ0n) is 13.2. The highest BCUT2D eigenvalue weighted by Crippen LogP contribution is 2.41. The minimum absolute atomic E-state index is 0.0182. The van der Waals surface area contributed by atoms with E-state index in [1.807, 2.05) is 22.9 Å². The highest BCUT2D eigenvalue weighted by Gasteiger charge is 2.30. The van der Waals surface area contributed by atoms with Crippen LogP contribution in [0.3, 0.4) is 0 Å². The Morgan fingerprint density at radius 2 is 2.12 bits per heavy atom. The zero-order chi connectivity index (χ0) is 16.5. The highest BCUT2D eigenvalue weighted by atomic mass is 32.1. The predicted octanol–water partition coefficient (Wildman–Crippen LogP) is 3.57. The Kier molecular flexibility index (Phi) is 4.37. The van der Waals surface area contributed by atoms with Crippen LogP contribution in [0.15, 0.2) is 22.9 Å². The lowest BCUT2D eigenvalue weighted by atomic mass is 9.97. The summed E-state index contributed by atoms with van der Waals surface area (Å²) >= 11 is 2.94. The number of amides is 2. The van der Waals surface area contributed by atoms with E-state index in [0.29, 0.717) is 17.6 Å². The van der Waals surface area contributed by atoms with E-state index in [9.17, 15) is 9.59 Å². The fourth-order valence-electron chi connectivity index (χ4n) is 3.05. The summed E-state index contributed by atoms with van der Waals surface area (Å²) in [4.78, 5) is 32.1. The van der Waals surface area contributed by atoms with E-state index in [4.69, 9.17) is 0 Å². The fraction of sp³-hybridized carbons (Fsp3) is 0.471. The van der Waals surface area contributed by atoms with Gasteiger partial charge in [0.15, 0.2) is 5.13 Å². The van der Waals surface area contributed by atoms with Gasteiger partial charge in [-0.25, -0.2) is 4.98 Å². The van der Waals surface area contributed by atoms with Crippen LogP contribution in [-0.2, 0) is 4.79 Å². The van der Waals surface area contributed by atoms with Crippen LogP contribution in [0.5, 0.6) is 0 Å². The molecule has 2 amide bonds. The first-order valence-corrected chi connectivity index (χ1v) is 10.1. The molecule has 1 saturated heterocycles. The Hall–Kier alpha value is -1.73. The molecule has 2 fully saturated rings.